The zero-order chi connectivity index (χ0) is 7.28. The monoisotopic (exact) mass is 195 g/mol. The predicted octanol–water partition coefficient (Wildman–Crippen LogP) is -0.288. The van der Waals surface area contributed by atoms with E-state index >= 15 is 0 Å². The van der Waals surface area contributed by atoms with Gasteiger partial charge in [-0.05, 0) is 0 Å². The summed E-state index contributed by atoms with van der Waals surface area (Å²) in [6.07, 6.45) is 0.748. The second-order valence-corrected chi connectivity index (χ2v) is 1.47. The Morgan fingerprint density at radius 3 is 1.67 bits per heavy atom. The average molecular weight is 196 g/mol. The summed E-state index contributed by atoms with van der Waals surface area (Å²) in [5.74, 6) is -0.296. The first-order valence-corrected chi connectivity index (χ1v) is 2.99. The standard InChI is InChI=1S/C4H5NO2.BrHO/c6-3-1-2-4(7)5-3;1-2/h1-2H2,(H,5,6,7);2H. The maximum atomic E-state index is 10.1. The molecule has 9 heavy (non-hydrogen) atoms. The molecule has 0 aromatic rings. The van der Waals surface area contributed by atoms with Crippen LogP contribution in [0.15, 0.2) is 0 Å². The topological polar surface area (TPSA) is 66.4 Å². The summed E-state index contributed by atoms with van der Waals surface area (Å²) in [6, 6.07) is 0. The number of rotatable bonds is 0. The number of hydrogen-bond acceptors (Lipinski definition) is 3. The highest BCUT2D eigenvalue weighted by Gasteiger charge is 2.15. The van der Waals surface area contributed by atoms with Crippen molar-refractivity contribution in [2.45, 2.75) is 12.8 Å². The van der Waals surface area contributed by atoms with Crippen LogP contribution in [-0.4, -0.2) is 16.0 Å². The van der Waals surface area contributed by atoms with Crippen LogP contribution in [0.3, 0.4) is 0 Å². The lowest BCUT2D eigenvalue weighted by Gasteiger charge is -1.79. The Hall–Kier alpha value is -0.420. The number of halogens is 1. The summed E-state index contributed by atoms with van der Waals surface area (Å²) in [6.45, 7) is 0. The van der Waals surface area contributed by atoms with E-state index in [2.05, 4.69) is 5.32 Å². The van der Waals surface area contributed by atoms with E-state index in [1.165, 1.54) is 0 Å². The molecule has 0 unspecified atom stereocenters. The zero-order valence-electron chi connectivity index (χ0n) is 4.56. The van der Waals surface area contributed by atoms with Gasteiger partial charge in [-0.15, -0.1) is 0 Å². The maximum Gasteiger partial charge on any atom is 0.227 e. The van der Waals surface area contributed by atoms with E-state index in [1.807, 2.05) is 16.3 Å². The summed E-state index contributed by atoms with van der Waals surface area (Å²) in [7, 11) is 0. The van der Waals surface area contributed by atoms with Gasteiger partial charge in [0.1, 0.15) is 0 Å². The molecule has 5 heteroatoms. The predicted molar refractivity (Wildman–Crippen MR) is 33.5 cm³/mol. The minimum absolute atomic E-state index is 0.148. The van der Waals surface area contributed by atoms with Crippen molar-refractivity contribution in [2.24, 2.45) is 0 Å². The van der Waals surface area contributed by atoms with Crippen molar-refractivity contribution in [3.63, 3.8) is 0 Å². The normalized spacial score (nSPS) is 16.2. The summed E-state index contributed by atoms with van der Waals surface area (Å²) in [4.78, 5) is 20.2. The fourth-order valence-electron chi connectivity index (χ4n) is 0.508. The van der Waals surface area contributed by atoms with E-state index in [1.54, 1.807) is 0 Å². The Morgan fingerprint density at radius 1 is 1.22 bits per heavy atom. The minimum atomic E-state index is -0.148. The molecule has 1 aliphatic rings. The first-order valence-electron chi connectivity index (χ1n) is 2.28. The molecule has 1 heterocycles. The van der Waals surface area contributed by atoms with Crippen molar-refractivity contribution in [1.82, 2.24) is 5.32 Å². The lowest BCUT2D eigenvalue weighted by molar-refractivity contribution is -0.124. The molecular formula is C4H6BrNO3. The summed E-state index contributed by atoms with van der Waals surface area (Å²) < 4.78 is 6.81. The molecule has 52 valence electrons. The quantitative estimate of drug-likeness (QED) is 0.523. The molecule has 0 aromatic heterocycles. The van der Waals surface area contributed by atoms with E-state index in [0.717, 1.165) is 0 Å². The van der Waals surface area contributed by atoms with E-state index < -0.39 is 0 Å². The van der Waals surface area contributed by atoms with Crippen LogP contribution in [0.4, 0.5) is 0 Å². The van der Waals surface area contributed by atoms with Crippen LogP contribution in [0.5, 0.6) is 0 Å². The van der Waals surface area contributed by atoms with Crippen molar-refractivity contribution in [3.8, 4) is 0 Å². The zero-order valence-corrected chi connectivity index (χ0v) is 6.14. The van der Waals surface area contributed by atoms with Gasteiger partial charge in [-0.3, -0.25) is 14.9 Å². The Bertz CT molecular complexity index is 111. The number of carbonyl (C=O) groups is 2. The Labute approximate surface area is 60.7 Å². The minimum Gasteiger partial charge on any atom is -0.324 e. The van der Waals surface area contributed by atoms with Crippen LogP contribution in [0, 0.1) is 0 Å². The molecule has 0 radical (unpaired) electrons. The molecule has 1 saturated heterocycles. The lowest BCUT2D eigenvalue weighted by Crippen LogP contribution is -2.18. The Balaban J connectivity index is 0.000000291. The number of hydrogen-bond donors (Lipinski definition) is 2. The molecule has 1 aliphatic heterocycles. The van der Waals surface area contributed by atoms with Crippen LogP contribution in [0.2, 0.25) is 0 Å². The lowest BCUT2D eigenvalue weighted by atomic mass is 10.4. The van der Waals surface area contributed by atoms with Gasteiger partial charge in [-0.1, -0.05) is 0 Å². The second-order valence-electron chi connectivity index (χ2n) is 1.47. The van der Waals surface area contributed by atoms with Crippen LogP contribution < -0.4 is 5.32 Å². The fourth-order valence-corrected chi connectivity index (χ4v) is 0.508. The molecule has 0 aliphatic carbocycles. The third kappa shape index (κ3) is 3.21. The van der Waals surface area contributed by atoms with Crippen LogP contribution in [0.25, 0.3) is 0 Å². The van der Waals surface area contributed by atoms with Gasteiger partial charge < -0.3 is 4.20 Å². The van der Waals surface area contributed by atoms with E-state index in [9.17, 15) is 9.59 Å². The van der Waals surface area contributed by atoms with Crippen molar-refractivity contribution in [1.29, 1.82) is 0 Å². The highest BCUT2D eigenvalue weighted by Crippen LogP contribution is 1.95. The SMILES string of the molecule is O=C1CCC(=O)N1.OBr. The van der Waals surface area contributed by atoms with Gasteiger partial charge in [0.2, 0.25) is 11.8 Å². The fraction of sp³-hybridized carbons (Fsp3) is 0.500. The molecule has 1 fully saturated rings. The molecule has 0 saturated carbocycles. The molecule has 4 nitrogen and oxygen atoms in total. The third-order valence-corrected chi connectivity index (χ3v) is 0.858. The van der Waals surface area contributed by atoms with E-state index in [0.29, 0.717) is 12.8 Å². The Morgan fingerprint density at radius 2 is 1.56 bits per heavy atom. The van der Waals surface area contributed by atoms with Gasteiger partial charge in [0.15, 0.2) is 0 Å². The van der Waals surface area contributed by atoms with E-state index in [-0.39, 0.29) is 11.8 Å². The first-order chi connectivity index (χ1) is 4.29. The highest BCUT2D eigenvalue weighted by atomic mass is 79.9. The van der Waals surface area contributed by atoms with Gasteiger partial charge in [0.05, 0.1) is 16.3 Å². The number of carbonyl (C=O) groups excluding carboxylic acids is 2. The molecule has 1 rings (SSSR count). The van der Waals surface area contributed by atoms with Gasteiger partial charge >= 0.3 is 0 Å². The largest absolute Gasteiger partial charge is 0.324 e. The summed E-state index contributed by atoms with van der Waals surface area (Å²) >= 11 is 1.94. The van der Waals surface area contributed by atoms with Crippen molar-refractivity contribution in [2.75, 3.05) is 0 Å². The van der Waals surface area contributed by atoms with Gasteiger partial charge in [0, 0.05) is 12.8 Å². The van der Waals surface area contributed by atoms with Gasteiger partial charge in [-0.2, -0.15) is 0 Å². The molecule has 0 bridgehead atoms. The summed E-state index contributed by atoms with van der Waals surface area (Å²) in [5.41, 5.74) is 0. The number of nitrogens with one attached hydrogen (secondary N) is 1. The van der Waals surface area contributed by atoms with Crippen molar-refractivity contribution >= 4 is 28.1 Å². The molecule has 2 amide bonds. The number of imide groups is 1. The third-order valence-electron chi connectivity index (χ3n) is 0.858. The van der Waals surface area contributed by atoms with Gasteiger partial charge in [0.25, 0.3) is 0 Å². The van der Waals surface area contributed by atoms with Crippen molar-refractivity contribution < 1.29 is 13.8 Å². The number of amides is 2. The van der Waals surface area contributed by atoms with Crippen LogP contribution in [0.1, 0.15) is 12.8 Å². The Kier molecular flexibility index (Phi) is 4.25. The molecule has 0 spiro atoms. The van der Waals surface area contributed by atoms with Crippen LogP contribution >= 0.6 is 16.3 Å². The maximum absolute atomic E-state index is 10.1. The van der Waals surface area contributed by atoms with Crippen molar-refractivity contribution in [3.05, 3.63) is 0 Å². The first kappa shape index (κ1) is 8.58. The molecule has 2 N–H and O–H groups in total. The summed E-state index contributed by atoms with van der Waals surface area (Å²) in [5, 5.41) is 2.14. The highest BCUT2D eigenvalue weighted by molar-refractivity contribution is 9.05. The molecular weight excluding hydrogens is 190 g/mol. The smallest absolute Gasteiger partial charge is 0.227 e. The average Bonchev–Trinajstić information content (AvgIpc) is 2.20. The second kappa shape index (κ2) is 4.46. The molecule has 0 atom stereocenters. The van der Waals surface area contributed by atoms with E-state index in [4.69, 9.17) is 4.20 Å². The van der Waals surface area contributed by atoms with Crippen LogP contribution in [-0.2, 0) is 9.59 Å². The molecule has 0 aromatic carbocycles. The van der Waals surface area contributed by atoms with Gasteiger partial charge in [-0.25, -0.2) is 0 Å².